The van der Waals surface area contributed by atoms with Crippen LogP contribution in [0.15, 0.2) is 47.4 Å². The maximum absolute atomic E-state index is 12.2. The van der Waals surface area contributed by atoms with Crippen molar-refractivity contribution in [1.29, 1.82) is 0 Å². The highest BCUT2D eigenvalue weighted by Gasteiger charge is 2.18. The van der Waals surface area contributed by atoms with Gasteiger partial charge in [-0.3, -0.25) is 4.79 Å². The smallest absolute Gasteiger partial charge is 0.265 e. The molecule has 0 heterocycles. The van der Waals surface area contributed by atoms with E-state index in [1.54, 1.807) is 19.1 Å². The van der Waals surface area contributed by atoms with E-state index in [1.165, 1.54) is 18.2 Å². The fourth-order valence-electron chi connectivity index (χ4n) is 2.03. The normalized spacial score (nSPS) is 12.5. The molecule has 2 aromatic carbocycles. The van der Waals surface area contributed by atoms with Crippen molar-refractivity contribution in [3.8, 4) is 11.5 Å². The van der Waals surface area contributed by atoms with Gasteiger partial charge in [-0.2, -0.15) is 0 Å². The van der Waals surface area contributed by atoms with Gasteiger partial charge in [-0.25, -0.2) is 8.42 Å². The van der Waals surface area contributed by atoms with Crippen LogP contribution in [0.3, 0.4) is 0 Å². The first-order valence-corrected chi connectivity index (χ1v) is 9.13. The first-order chi connectivity index (χ1) is 11.2. The number of hydrogen-bond acceptors (Lipinski definition) is 5. The number of sulfone groups is 1. The van der Waals surface area contributed by atoms with E-state index in [2.05, 4.69) is 5.32 Å². The van der Waals surface area contributed by atoms with E-state index in [0.717, 1.165) is 11.8 Å². The summed E-state index contributed by atoms with van der Waals surface area (Å²) in [5.74, 6) is -0.178. The zero-order valence-electron chi connectivity index (χ0n) is 13.6. The van der Waals surface area contributed by atoms with Crippen LogP contribution in [0.1, 0.15) is 12.5 Å². The van der Waals surface area contributed by atoms with Gasteiger partial charge in [0.15, 0.2) is 15.9 Å². The van der Waals surface area contributed by atoms with Crippen LogP contribution in [-0.2, 0) is 14.6 Å². The van der Waals surface area contributed by atoms with Crippen LogP contribution in [0, 0.1) is 6.92 Å². The number of amides is 1. The van der Waals surface area contributed by atoms with E-state index in [-0.39, 0.29) is 16.3 Å². The minimum Gasteiger partial charge on any atom is -0.506 e. The van der Waals surface area contributed by atoms with Crippen LogP contribution in [0.4, 0.5) is 5.69 Å². The van der Waals surface area contributed by atoms with Crippen LogP contribution in [0.25, 0.3) is 0 Å². The minimum atomic E-state index is -3.45. The topological polar surface area (TPSA) is 92.7 Å². The number of anilines is 1. The first-order valence-electron chi connectivity index (χ1n) is 7.24. The maximum atomic E-state index is 12.2. The van der Waals surface area contributed by atoms with Crippen LogP contribution in [-0.4, -0.2) is 31.8 Å². The summed E-state index contributed by atoms with van der Waals surface area (Å²) in [5.41, 5.74) is 1.02. The quantitative estimate of drug-likeness (QED) is 0.809. The zero-order valence-corrected chi connectivity index (χ0v) is 14.4. The van der Waals surface area contributed by atoms with Crippen molar-refractivity contribution < 1.29 is 23.1 Å². The molecular formula is C17H19NO5S. The van der Waals surface area contributed by atoms with Gasteiger partial charge in [0.25, 0.3) is 5.91 Å². The number of carbonyl (C=O) groups is 1. The zero-order chi connectivity index (χ0) is 17.9. The summed E-state index contributed by atoms with van der Waals surface area (Å²) in [4.78, 5) is 12.2. The SMILES string of the molecule is Cc1cccc(O[C@H](C)C(=O)Nc2cc(S(C)(=O)=O)ccc2O)c1. The Morgan fingerprint density at radius 3 is 2.54 bits per heavy atom. The molecule has 0 saturated heterocycles. The number of nitrogens with one attached hydrogen (secondary N) is 1. The molecule has 0 aromatic heterocycles. The van der Waals surface area contributed by atoms with Gasteiger partial charge in [0.2, 0.25) is 0 Å². The van der Waals surface area contributed by atoms with Crippen molar-refractivity contribution in [2.45, 2.75) is 24.8 Å². The molecule has 0 fully saturated rings. The Bertz CT molecular complexity index is 861. The molecule has 0 unspecified atom stereocenters. The molecule has 0 radical (unpaired) electrons. The molecule has 2 N–H and O–H groups in total. The molecule has 0 aliphatic rings. The Morgan fingerprint density at radius 2 is 1.92 bits per heavy atom. The number of aryl methyl sites for hydroxylation is 1. The van der Waals surface area contributed by atoms with Crippen LogP contribution < -0.4 is 10.1 Å². The second-order valence-electron chi connectivity index (χ2n) is 5.52. The predicted molar refractivity (Wildman–Crippen MR) is 91.1 cm³/mol. The van der Waals surface area contributed by atoms with Gasteiger partial charge >= 0.3 is 0 Å². The summed E-state index contributed by atoms with van der Waals surface area (Å²) < 4.78 is 28.7. The summed E-state index contributed by atoms with van der Waals surface area (Å²) >= 11 is 0. The van der Waals surface area contributed by atoms with Crippen LogP contribution >= 0.6 is 0 Å². The summed E-state index contributed by atoms with van der Waals surface area (Å²) in [6, 6.07) is 11.0. The third kappa shape index (κ3) is 4.48. The Morgan fingerprint density at radius 1 is 1.21 bits per heavy atom. The average Bonchev–Trinajstić information content (AvgIpc) is 2.48. The molecule has 0 spiro atoms. The number of rotatable bonds is 5. The Labute approximate surface area is 141 Å². The van der Waals surface area contributed by atoms with Crippen molar-refractivity contribution in [3.63, 3.8) is 0 Å². The Balaban J connectivity index is 2.14. The van der Waals surface area contributed by atoms with Gasteiger partial charge in [0, 0.05) is 6.26 Å². The highest BCUT2D eigenvalue weighted by Crippen LogP contribution is 2.26. The fraction of sp³-hybridized carbons (Fsp3) is 0.235. The van der Waals surface area contributed by atoms with E-state index in [9.17, 15) is 18.3 Å². The standard InChI is InChI=1S/C17H19NO5S/c1-11-5-4-6-13(9-11)23-12(2)17(20)18-15-10-14(24(3,21)22)7-8-16(15)19/h4-10,12,19H,1-3H3,(H,18,20)/t12-/m1/s1. The molecule has 1 atom stereocenters. The van der Waals surface area contributed by atoms with Gasteiger partial charge in [-0.15, -0.1) is 0 Å². The number of phenolic OH excluding ortho intramolecular Hbond substituents is 1. The van der Waals surface area contributed by atoms with Crippen LogP contribution in [0.5, 0.6) is 11.5 Å². The summed E-state index contributed by atoms with van der Waals surface area (Å²) in [6.45, 7) is 3.47. The number of ether oxygens (including phenoxy) is 1. The van der Waals surface area contributed by atoms with E-state index in [1.807, 2.05) is 19.1 Å². The molecule has 2 aromatic rings. The third-order valence-corrected chi connectivity index (χ3v) is 4.44. The predicted octanol–water partition coefficient (Wildman–Crippen LogP) is 2.51. The third-order valence-electron chi connectivity index (χ3n) is 3.33. The van der Waals surface area contributed by atoms with Crippen molar-refractivity contribution in [1.82, 2.24) is 0 Å². The molecule has 0 saturated carbocycles. The number of carbonyl (C=O) groups excluding carboxylic acids is 1. The molecule has 2 rings (SSSR count). The van der Waals surface area contributed by atoms with E-state index in [4.69, 9.17) is 4.74 Å². The molecule has 0 aliphatic heterocycles. The maximum Gasteiger partial charge on any atom is 0.265 e. The molecular weight excluding hydrogens is 330 g/mol. The highest BCUT2D eigenvalue weighted by molar-refractivity contribution is 7.90. The average molecular weight is 349 g/mol. The Hall–Kier alpha value is -2.54. The second-order valence-corrected chi connectivity index (χ2v) is 7.53. The van der Waals surface area contributed by atoms with Crippen molar-refractivity contribution in [2.75, 3.05) is 11.6 Å². The van der Waals surface area contributed by atoms with Gasteiger partial charge < -0.3 is 15.2 Å². The summed E-state index contributed by atoms with van der Waals surface area (Å²) in [5, 5.41) is 12.3. The van der Waals surface area contributed by atoms with Crippen molar-refractivity contribution >= 4 is 21.4 Å². The van der Waals surface area contributed by atoms with E-state index in [0.29, 0.717) is 5.75 Å². The molecule has 24 heavy (non-hydrogen) atoms. The lowest BCUT2D eigenvalue weighted by atomic mass is 10.2. The summed E-state index contributed by atoms with van der Waals surface area (Å²) in [7, 11) is -3.45. The molecule has 0 bridgehead atoms. The van der Waals surface area contributed by atoms with Gasteiger partial charge in [-0.1, -0.05) is 12.1 Å². The van der Waals surface area contributed by atoms with Gasteiger partial charge in [0.05, 0.1) is 10.6 Å². The van der Waals surface area contributed by atoms with E-state index < -0.39 is 21.8 Å². The minimum absolute atomic E-state index is 0.00264. The van der Waals surface area contributed by atoms with Gasteiger partial charge in [0.1, 0.15) is 11.5 Å². The number of phenols is 1. The monoisotopic (exact) mass is 349 g/mol. The second kappa shape index (κ2) is 6.92. The van der Waals surface area contributed by atoms with Gasteiger partial charge in [-0.05, 0) is 49.7 Å². The molecule has 1 amide bonds. The van der Waals surface area contributed by atoms with Crippen molar-refractivity contribution in [2.24, 2.45) is 0 Å². The molecule has 128 valence electrons. The highest BCUT2D eigenvalue weighted by atomic mass is 32.2. The Kier molecular flexibility index (Phi) is 5.14. The molecule has 6 nitrogen and oxygen atoms in total. The first kappa shape index (κ1) is 17.8. The fourth-order valence-corrected chi connectivity index (χ4v) is 2.67. The number of hydrogen-bond donors (Lipinski definition) is 2. The molecule has 0 aliphatic carbocycles. The molecule has 7 heteroatoms. The largest absolute Gasteiger partial charge is 0.506 e. The lowest BCUT2D eigenvalue weighted by Crippen LogP contribution is -2.30. The lowest BCUT2D eigenvalue weighted by molar-refractivity contribution is -0.122. The van der Waals surface area contributed by atoms with E-state index >= 15 is 0 Å². The summed E-state index contributed by atoms with van der Waals surface area (Å²) in [6.07, 6.45) is 0.224. The van der Waals surface area contributed by atoms with Crippen molar-refractivity contribution in [3.05, 3.63) is 48.0 Å². The number of benzene rings is 2. The van der Waals surface area contributed by atoms with Crippen LogP contribution in [0.2, 0.25) is 0 Å². The number of aromatic hydroxyl groups is 1. The lowest BCUT2D eigenvalue weighted by Gasteiger charge is -2.16.